The molecule has 3 rings (SSSR count). The Balaban J connectivity index is 1.42. The van der Waals surface area contributed by atoms with Crippen LogP contribution in [0.5, 0.6) is 0 Å². The van der Waals surface area contributed by atoms with E-state index in [1.54, 1.807) is 0 Å². The average Bonchev–Trinajstić information content (AvgIpc) is 3.11. The van der Waals surface area contributed by atoms with Crippen LogP contribution in [0.25, 0.3) is 0 Å². The summed E-state index contributed by atoms with van der Waals surface area (Å²) in [7, 11) is 2.11. The third-order valence-electron chi connectivity index (χ3n) is 4.64. The molecule has 0 unspecified atom stereocenters. The van der Waals surface area contributed by atoms with Gasteiger partial charge >= 0.3 is 0 Å². The monoisotopic (exact) mass is 252 g/mol. The molecule has 0 spiro atoms. The molecule has 0 bridgehead atoms. The van der Waals surface area contributed by atoms with Gasteiger partial charge < -0.3 is 15.5 Å². The second-order valence-electron chi connectivity index (χ2n) is 6.34. The number of hydrogen-bond donors (Lipinski definition) is 1. The molecule has 0 aromatic heterocycles. The van der Waals surface area contributed by atoms with Gasteiger partial charge in [-0.15, -0.1) is 0 Å². The van der Waals surface area contributed by atoms with Crippen molar-refractivity contribution in [2.45, 2.75) is 18.4 Å². The number of hydrogen-bond acceptors (Lipinski definition) is 4. The van der Waals surface area contributed by atoms with E-state index >= 15 is 0 Å². The van der Waals surface area contributed by atoms with Crippen LogP contribution in [0.4, 0.5) is 0 Å². The van der Waals surface area contributed by atoms with E-state index in [1.165, 1.54) is 12.8 Å². The third-order valence-corrected chi connectivity index (χ3v) is 4.64. The largest absolute Gasteiger partial charge is 0.339 e. The first-order valence-corrected chi connectivity index (χ1v) is 7.04. The number of amides is 1. The quantitative estimate of drug-likeness (QED) is 0.713. The molecule has 18 heavy (non-hydrogen) atoms. The molecule has 2 aliphatic heterocycles. The van der Waals surface area contributed by atoms with E-state index in [4.69, 9.17) is 5.73 Å². The van der Waals surface area contributed by atoms with E-state index in [-0.39, 0.29) is 11.4 Å². The van der Waals surface area contributed by atoms with Gasteiger partial charge in [-0.05, 0) is 25.8 Å². The molecule has 5 nitrogen and oxygen atoms in total. The number of nitrogens with zero attached hydrogens (tertiary/aromatic N) is 3. The lowest BCUT2D eigenvalue weighted by Gasteiger charge is -2.48. The van der Waals surface area contributed by atoms with Crippen molar-refractivity contribution < 1.29 is 4.79 Å². The first-order chi connectivity index (χ1) is 8.57. The number of rotatable bonds is 3. The van der Waals surface area contributed by atoms with E-state index < -0.39 is 0 Å². The second kappa shape index (κ2) is 4.47. The SMILES string of the molecule is CN1CCN(C(=O)CN2CC(N)(C3CC3)C2)CC1. The van der Waals surface area contributed by atoms with Crippen LogP contribution in [0.1, 0.15) is 12.8 Å². The van der Waals surface area contributed by atoms with Crippen LogP contribution >= 0.6 is 0 Å². The summed E-state index contributed by atoms with van der Waals surface area (Å²) in [6, 6.07) is 0. The van der Waals surface area contributed by atoms with E-state index in [1.807, 2.05) is 4.90 Å². The molecular formula is C13H24N4O. The van der Waals surface area contributed by atoms with Gasteiger partial charge in [-0.1, -0.05) is 0 Å². The molecule has 1 aliphatic carbocycles. The van der Waals surface area contributed by atoms with Crippen molar-refractivity contribution in [3.8, 4) is 0 Å². The number of likely N-dealkylation sites (N-methyl/N-ethyl adjacent to an activating group) is 1. The number of nitrogens with two attached hydrogens (primary N) is 1. The van der Waals surface area contributed by atoms with Crippen molar-refractivity contribution in [3.05, 3.63) is 0 Å². The van der Waals surface area contributed by atoms with Crippen LogP contribution < -0.4 is 5.73 Å². The van der Waals surface area contributed by atoms with Gasteiger partial charge in [-0.3, -0.25) is 9.69 Å². The van der Waals surface area contributed by atoms with Crippen LogP contribution in [-0.4, -0.2) is 79.0 Å². The van der Waals surface area contributed by atoms with Crippen LogP contribution in [0.2, 0.25) is 0 Å². The van der Waals surface area contributed by atoms with Gasteiger partial charge in [-0.2, -0.15) is 0 Å². The fourth-order valence-corrected chi connectivity index (χ4v) is 3.16. The first kappa shape index (κ1) is 12.4. The molecule has 3 aliphatic rings. The molecule has 0 aromatic rings. The highest BCUT2D eigenvalue weighted by Crippen LogP contribution is 2.42. The second-order valence-corrected chi connectivity index (χ2v) is 6.34. The number of carbonyl (C=O) groups excluding carboxylic acids is 1. The van der Waals surface area contributed by atoms with Gasteiger partial charge in [0.05, 0.1) is 6.54 Å². The highest BCUT2D eigenvalue weighted by Gasteiger charge is 2.50. The van der Waals surface area contributed by atoms with E-state index in [0.29, 0.717) is 6.54 Å². The zero-order chi connectivity index (χ0) is 12.8. The molecule has 0 atom stereocenters. The van der Waals surface area contributed by atoms with Gasteiger partial charge in [0.15, 0.2) is 0 Å². The van der Waals surface area contributed by atoms with Gasteiger partial charge in [0.1, 0.15) is 0 Å². The van der Waals surface area contributed by atoms with Crippen molar-refractivity contribution in [1.29, 1.82) is 0 Å². The molecule has 0 aromatic carbocycles. The molecule has 2 saturated heterocycles. The van der Waals surface area contributed by atoms with Crippen LogP contribution in [0, 0.1) is 5.92 Å². The molecular weight excluding hydrogens is 228 g/mol. The average molecular weight is 252 g/mol. The van der Waals surface area contributed by atoms with Gasteiger partial charge in [0.2, 0.25) is 5.91 Å². The molecule has 1 saturated carbocycles. The molecule has 1 amide bonds. The molecule has 2 N–H and O–H groups in total. The van der Waals surface area contributed by atoms with Gasteiger partial charge in [-0.25, -0.2) is 0 Å². The summed E-state index contributed by atoms with van der Waals surface area (Å²) in [5.41, 5.74) is 6.33. The third kappa shape index (κ3) is 2.39. The molecule has 5 heteroatoms. The smallest absolute Gasteiger partial charge is 0.236 e. The highest BCUT2D eigenvalue weighted by atomic mass is 16.2. The molecule has 102 valence electrons. The highest BCUT2D eigenvalue weighted by molar-refractivity contribution is 5.78. The Morgan fingerprint density at radius 3 is 2.39 bits per heavy atom. The Morgan fingerprint density at radius 2 is 1.83 bits per heavy atom. The van der Waals surface area contributed by atoms with Crippen molar-refractivity contribution in [2.75, 3.05) is 52.9 Å². The van der Waals surface area contributed by atoms with Crippen LogP contribution in [0.3, 0.4) is 0 Å². The Morgan fingerprint density at radius 1 is 1.22 bits per heavy atom. The summed E-state index contributed by atoms with van der Waals surface area (Å²) in [4.78, 5) is 18.6. The number of piperazine rings is 1. The summed E-state index contributed by atoms with van der Waals surface area (Å²) in [6.45, 7) is 6.13. The van der Waals surface area contributed by atoms with E-state index in [0.717, 1.165) is 45.2 Å². The van der Waals surface area contributed by atoms with Gasteiger partial charge in [0, 0.05) is 44.8 Å². The van der Waals surface area contributed by atoms with Crippen LogP contribution in [-0.2, 0) is 4.79 Å². The maximum absolute atomic E-state index is 12.1. The molecule has 3 fully saturated rings. The Hall–Kier alpha value is -0.650. The lowest BCUT2D eigenvalue weighted by Crippen LogP contribution is -2.69. The van der Waals surface area contributed by atoms with Crippen molar-refractivity contribution >= 4 is 5.91 Å². The maximum Gasteiger partial charge on any atom is 0.236 e. The summed E-state index contributed by atoms with van der Waals surface area (Å²) >= 11 is 0. The predicted octanol–water partition coefficient (Wildman–Crippen LogP) is -0.816. The summed E-state index contributed by atoms with van der Waals surface area (Å²) in [6.07, 6.45) is 2.58. The molecule has 0 radical (unpaired) electrons. The standard InChI is InChI=1S/C13H24N4O/c1-15-4-6-17(7-5-15)12(18)8-16-9-13(14,10-16)11-2-3-11/h11H,2-10,14H2,1H3. The zero-order valence-corrected chi connectivity index (χ0v) is 11.3. The summed E-state index contributed by atoms with van der Waals surface area (Å²) < 4.78 is 0. The number of carbonyl (C=O) groups is 1. The Kier molecular flexibility index (Phi) is 3.08. The maximum atomic E-state index is 12.1. The predicted molar refractivity (Wildman–Crippen MR) is 70.2 cm³/mol. The van der Waals surface area contributed by atoms with E-state index in [9.17, 15) is 4.79 Å². The van der Waals surface area contributed by atoms with E-state index in [2.05, 4.69) is 16.8 Å². The zero-order valence-electron chi connectivity index (χ0n) is 11.3. The van der Waals surface area contributed by atoms with Crippen molar-refractivity contribution in [1.82, 2.24) is 14.7 Å². The fraction of sp³-hybridized carbons (Fsp3) is 0.923. The van der Waals surface area contributed by atoms with Crippen molar-refractivity contribution in [3.63, 3.8) is 0 Å². The molecule has 2 heterocycles. The van der Waals surface area contributed by atoms with Gasteiger partial charge in [0.25, 0.3) is 0 Å². The minimum absolute atomic E-state index is 0.0302. The first-order valence-electron chi connectivity index (χ1n) is 7.04. The summed E-state index contributed by atoms with van der Waals surface area (Å²) in [5.74, 6) is 1.01. The fourth-order valence-electron chi connectivity index (χ4n) is 3.16. The normalized spacial score (nSPS) is 29.1. The Labute approximate surface area is 109 Å². The topological polar surface area (TPSA) is 52.8 Å². The summed E-state index contributed by atoms with van der Waals surface area (Å²) in [5, 5.41) is 0. The Bertz CT molecular complexity index is 328. The minimum atomic E-state index is 0.0302. The lowest BCUT2D eigenvalue weighted by molar-refractivity contribution is -0.136. The van der Waals surface area contributed by atoms with Crippen molar-refractivity contribution in [2.24, 2.45) is 11.7 Å². The van der Waals surface area contributed by atoms with Crippen LogP contribution in [0.15, 0.2) is 0 Å². The lowest BCUT2D eigenvalue weighted by atomic mass is 9.86. The minimum Gasteiger partial charge on any atom is -0.339 e. The number of likely N-dealkylation sites (tertiary alicyclic amines) is 1.